The maximum absolute atomic E-state index is 14.1. The molecule has 0 unspecified atom stereocenters. The van der Waals surface area contributed by atoms with Crippen molar-refractivity contribution >= 4 is 43.5 Å². The van der Waals surface area contributed by atoms with E-state index in [2.05, 4.69) is 21.2 Å². The van der Waals surface area contributed by atoms with Crippen LogP contribution in [0.5, 0.6) is 5.75 Å². The largest absolute Gasteiger partial charge is 0.494 e. The summed E-state index contributed by atoms with van der Waals surface area (Å²) in [6.45, 7) is 7.29. The highest BCUT2D eigenvalue weighted by atomic mass is 79.9. The van der Waals surface area contributed by atoms with Crippen molar-refractivity contribution in [2.45, 2.75) is 64.1 Å². The van der Waals surface area contributed by atoms with Crippen LogP contribution in [0.2, 0.25) is 0 Å². The molecule has 11 heteroatoms. The van der Waals surface area contributed by atoms with Crippen LogP contribution >= 0.6 is 15.9 Å². The van der Waals surface area contributed by atoms with Crippen molar-refractivity contribution < 1.29 is 27.1 Å². The molecule has 2 atom stereocenters. The summed E-state index contributed by atoms with van der Waals surface area (Å²) in [5.41, 5.74) is 0.858. The molecule has 0 aliphatic rings. The van der Waals surface area contributed by atoms with E-state index in [1.807, 2.05) is 20.8 Å². The van der Waals surface area contributed by atoms with Crippen molar-refractivity contribution in [2.24, 2.45) is 0 Å². The van der Waals surface area contributed by atoms with Crippen LogP contribution in [0.15, 0.2) is 82.2 Å². The first-order chi connectivity index (χ1) is 20.0. The number of anilines is 1. The SMILES string of the molecule is CCOc1ccc(N(CC(=O)N(Cc2ccc(F)cc2)[C@H](CC)C(=O)N[C@@H](C)CC)S(=O)(=O)c2ccc(Br)cc2)cc1. The summed E-state index contributed by atoms with van der Waals surface area (Å²) in [7, 11) is -4.20. The van der Waals surface area contributed by atoms with Gasteiger partial charge in [0.1, 0.15) is 24.2 Å². The van der Waals surface area contributed by atoms with E-state index in [9.17, 15) is 22.4 Å². The fourth-order valence-electron chi connectivity index (χ4n) is 4.28. The van der Waals surface area contributed by atoms with Gasteiger partial charge in [-0.15, -0.1) is 0 Å². The summed E-state index contributed by atoms with van der Waals surface area (Å²) in [4.78, 5) is 28.8. The molecule has 0 radical (unpaired) electrons. The number of nitrogens with one attached hydrogen (secondary N) is 1. The van der Waals surface area contributed by atoms with Crippen molar-refractivity contribution in [3.05, 3.63) is 88.6 Å². The number of carbonyl (C=O) groups excluding carboxylic acids is 2. The third kappa shape index (κ3) is 8.54. The monoisotopic (exact) mass is 661 g/mol. The van der Waals surface area contributed by atoms with Gasteiger partial charge in [0.15, 0.2) is 0 Å². The molecule has 0 aliphatic heterocycles. The number of hydrogen-bond acceptors (Lipinski definition) is 5. The number of amides is 2. The molecule has 1 N–H and O–H groups in total. The smallest absolute Gasteiger partial charge is 0.264 e. The molecule has 0 spiro atoms. The van der Waals surface area contributed by atoms with E-state index in [-0.39, 0.29) is 35.5 Å². The highest BCUT2D eigenvalue weighted by Crippen LogP contribution is 2.27. The van der Waals surface area contributed by atoms with Gasteiger partial charge in [0.05, 0.1) is 17.2 Å². The number of benzene rings is 3. The number of rotatable bonds is 14. The minimum Gasteiger partial charge on any atom is -0.494 e. The Kier molecular flexibility index (Phi) is 11.9. The van der Waals surface area contributed by atoms with Gasteiger partial charge in [-0.05, 0) is 92.9 Å². The summed E-state index contributed by atoms with van der Waals surface area (Å²) < 4.78 is 48.8. The van der Waals surface area contributed by atoms with Crippen LogP contribution in [-0.2, 0) is 26.2 Å². The first-order valence-electron chi connectivity index (χ1n) is 13.9. The Morgan fingerprint density at radius 2 is 1.55 bits per heavy atom. The van der Waals surface area contributed by atoms with E-state index in [0.717, 1.165) is 4.31 Å². The molecular weight excluding hydrogens is 625 g/mol. The van der Waals surface area contributed by atoms with Crippen LogP contribution in [-0.4, -0.2) is 50.4 Å². The van der Waals surface area contributed by atoms with Gasteiger partial charge in [-0.3, -0.25) is 13.9 Å². The minimum atomic E-state index is -4.20. The van der Waals surface area contributed by atoms with Crippen LogP contribution in [0.1, 0.15) is 46.1 Å². The molecule has 2 amide bonds. The second kappa shape index (κ2) is 15.2. The Morgan fingerprint density at radius 1 is 0.929 bits per heavy atom. The summed E-state index contributed by atoms with van der Waals surface area (Å²) in [6.07, 6.45) is 0.989. The zero-order chi connectivity index (χ0) is 30.9. The number of nitrogens with zero attached hydrogens (tertiary/aromatic N) is 2. The summed E-state index contributed by atoms with van der Waals surface area (Å²) in [5.74, 6) is -0.801. The Bertz CT molecular complexity index is 1430. The predicted octanol–water partition coefficient (Wildman–Crippen LogP) is 5.90. The molecule has 0 saturated carbocycles. The highest BCUT2D eigenvalue weighted by Gasteiger charge is 2.34. The molecule has 0 aliphatic carbocycles. The predicted molar refractivity (Wildman–Crippen MR) is 165 cm³/mol. The number of sulfonamides is 1. The van der Waals surface area contributed by atoms with E-state index >= 15 is 0 Å². The number of halogens is 2. The molecule has 0 aromatic heterocycles. The third-order valence-corrected chi connectivity index (χ3v) is 9.09. The van der Waals surface area contributed by atoms with Crippen LogP contribution in [0.3, 0.4) is 0 Å². The van der Waals surface area contributed by atoms with Crippen LogP contribution in [0.25, 0.3) is 0 Å². The highest BCUT2D eigenvalue weighted by molar-refractivity contribution is 9.10. The van der Waals surface area contributed by atoms with Gasteiger partial charge < -0.3 is 15.0 Å². The molecule has 0 saturated heterocycles. The van der Waals surface area contributed by atoms with Crippen molar-refractivity contribution in [3.8, 4) is 5.75 Å². The van der Waals surface area contributed by atoms with Gasteiger partial charge in [0.25, 0.3) is 10.0 Å². The summed E-state index contributed by atoms with van der Waals surface area (Å²) >= 11 is 3.33. The lowest BCUT2D eigenvalue weighted by molar-refractivity contribution is -0.140. The van der Waals surface area contributed by atoms with E-state index in [1.165, 1.54) is 41.3 Å². The molecular formula is C31H37BrFN3O5S. The van der Waals surface area contributed by atoms with Crippen LogP contribution in [0, 0.1) is 5.82 Å². The molecule has 42 heavy (non-hydrogen) atoms. The first-order valence-corrected chi connectivity index (χ1v) is 16.1. The lowest BCUT2D eigenvalue weighted by Crippen LogP contribution is -2.53. The molecule has 226 valence electrons. The topological polar surface area (TPSA) is 96.0 Å². The normalized spacial score (nSPS) is 12.7. The molecule has 8 nitrogen and oxygen atoms in total. The van der Waals surface area contributed by atoms with Gasteiger partial charge >= 0.3 is 0 Å². The molecule has 0 heterocycles. The zero-order valence-corrected chi connectivity index (χ0v) is 26.6. The Hall–Kier alpha value is -3.44. The van der Waals surface area contributed by atoms with Crippen molar-refractivity contribution in [1.29, 1.82) is 0 Å². The Labute approximate surface area is 256 Å². The number of carbonyl (C=O) groups is 2. The van der Waals surface area contributed by atoms with E-state index in [0.29, 0.717) is 28.8 Å². The van der Waals surface area contributed by atoms with E-state index < -0.39 is 34.3 Å². The van der Waals surface area contributed by atoms with Crippen molar-refractivity contribution in [1.82, 2.24) is 10.2 Å². The lowest BCUT2D eigenvalue weighted by atomic mass is 10.1. The molecule has 0 fully saturated rings. The van der Waals surface area contributed by atoms with Crippen molar-refractivity contribution in [3.63, 3.8) is 0 Å². The van der Waals surface area contributed by atoms with Crippen LogP contribution in [0.4, 0.5) is 10.1 Å². The first kappa shape index (κ1) is 33.1. The Morgan fingerprint density at radius 3 is 2.10 bits per heavy atom. The van der Waals surface area contributed by atoms with E-state index in [1.54, 1.807) is 43.3 Å². The fourth-order valence-corrected chi connectivity index (χ4v) is 5.96. The average molecular weight is 663 g/mol. The maximum Gasteiger partial charge on any atom is 0.264 e. The summed E-state index contributed by atoms with van der Waals surface area (Å²) in [5, 5.41) is 2.93. The minimum absolute atomic E-state index is 0.000903. The van der Waals surface area contributed by atoms with Gasteiger partial charge in [-0.25, -0.2) is 12.8 Å². The quantitative estimate of drug-likeness (QED) is 0.232. The maximum atomic E-state index is 14.1. The Balaban J connectivity index is 2.05. The molecule has 3 aromatic rings. The number of hydrogen-bond donors (Lipinski definition) is 1. The van der Waals surface area contributed by atoms with Gasteiger partial charge in [0.2, 0.25) is 11.8 Å². The summed E-state index contributed by atoms with van der Waals surface area (Å²) in [6, 6.07) is 17.2. The average Bonchev–Trinajstić information content (AvgIpc) is 2.97. The lowest BCUT2D eigenvalue weighted by Gasteiger charge is -2.33. The van der Waals surface area contributed by atoms with Gasteiger partial charge in [-0.1, -0.05) is 41.9 Å². The number of ether oxygens (including phenoxy) is 1. The van der Waals surface area contributed by atoms with E-state index in [4.69, 9.17) is 4.74 Å². The van der Waals surface area contributed by atoms with Gasteiger partial charge in [0, 0.05) is 17.1 Å². The molecule has 3 aromatic carbocycles. The molecule has 3 rings (SSSR count). The molecule has 0 bridgehead atoms. The standard InChI is InChI=1S/C31H37BrFN3O5S/c1-5-22(4)34-31(38)29(6-2)35(20-23-8-12-25(33)13-9-23)30(37)21-36(26-14-16-27(17-15-26)41-7-3)42(39,40)28-18-10-24(32)11-19-28/h8-19,22,29H,5-7,20-21H2,1-4H3,(H,34,38)/t22-,29+/m0/s1. The third-order valence-electron chi connectivity index (χ3n) is 6.77. The zero-order valence-electron chi connectivity index (χ0n) is 24.2. The second-order valence-corrected chi connectivity index (χ2v) is 12.6. The second-order valence-electron chi connectivity index (χ2n) is 9.78. The van der Waals surface area contributed by atoms with Gasteiger partial charge in [-0.2, -0.15) is 0 Å². The fraction of sp³-hybridized carbons (Fsp3) is 0.355. The van der Waals surface area contributed by atoms with Crippen molar-refractivity contribution in [2.75, 3.05) is 17.5 Å². The van der Waals surface area contributed by atoms with Crippen LogP contribution < -0.4 is 14.4 Å².